The summed E-state index contributed by atoms with van der Waals surface area (Å²) in [5.41, 5.74) is 5.69. The van der Waals surface area contributed by atoms with E-state index in [9.17, 15) is 0 Å². The summed E-state index contributed by atoms with van der Waals surface area (Å²) in [6.07, 6.45) is 9.35. The van der Waals surface area contributed by atoms with Gasteiger partial charge in [-0.2, -0.15) is 0 Å². The molecule has 29 heavy (non-hydrogen) atoms. The van der Waals surface area contributed by atoms with Crippen LogP contribution in [0.3, 0.4) is 0 Å². The number of hydrogen-bond acceptors (Lipinski definition) is 1. The summed E-state index contributed by atoms with van der Waals surface area (Å²) in [6, 6.07) is 17.7. The van der Waals surface area contributed by atoms with Gasteiger partial charge in [-0.15, -0.1) is 0 Å². The standard InChI is InChI=1S/C26H33N3/c1-4-10-21-19-28(25-13-7-5-11-23(21)25)16-9-17-29-20-22(15-18-27(2)3)24-12-6-8-14-26(24)29/h5-8,11-14,19-20H,4,9-10,15-18H2,1-3H3. The van der Waals surface area contributed by atoms with Crippen molar-refractivity contribution in [2.75, 3.05) is 20.6 Å². The zero-order valence-corrected chi connectivity index (χ0v) is 18.1. The maximum absolute atomic E-state index is 2.46. The molecule has 0 saturated carbocycles. The highest BCUT2D eigenvalue weighted by Gasteiger charge is 2.10. The molecule has 0 N–H and O–H groups in total. The third-order valence-corrected chi connectivity index (χ3v) is 5.89. The second-order valence-electron chi connectivity index (χ2n) is 8.39. The Hall–Kier alpha value is -2.52. The molecule has 152 valence electrons. The molecule has 2 aromatic carbocycles. The van der Waals surface area contributed by atoms with E-state index >= 15 is 0 Å². The summed E-state index contributed by atoms with van der Waals surface area (Å²) in [5.74, 6) is 0. The molecule has 3 heteroatoms. The third kappa shape index (κ3) is 4.25. The van der Waals surface area contributed by atoms with Gasteiger partial charge in [-0.3, -0.25) is 0 Å². The van der Waals surface area contributed by atoms with Crippen molar-refractivity contribution >= 4 is 21.8 Å². The summed E-state index contributed by atoms with van der Waals surface area (Å²) in [5, 5.41) is 2.83. The van der Waals surface area contributed by atoms with Crippen molar-refractivity contribution in [2.24, 2.45) is 0 Å². The van der Waals surface area contributed by atoms with Crippen molar-refractivity contribution in [2.45, 2.75) is 45.7 Å². The summed E-state index contributed by atoms with van der Waals surface area (Å²) < 4.78 is 4.91. The van der Waals surface area contributed by atoms with E-state index in [1.54, 1.807) is 0 Å². The lowest BCUT2D eigenvalue weighted by Gasteiger charge is -2.08. The molecule has 0 aliphatic heterocycles. The third-order valence-electron chi connectivity index (χ3n) is 5.89. The number of fused-ring (bicyclic) bond motifs is 2. The minimum atomic E-state index is 1.05. The molecule has 4 rings (SSSR count). The number of aromatic nitrogens is 2. The van der Waals surface area contributed by atoms with Crippen molar-refractivity contribution in [1.29, 1.82) is 0 Å². The molecule has 2 aromatic heterocycles. The first-order valence-electron chi connectivity index (χ1n) is 11.0. The van der Waals surface area contributed by atoms with E-state index in [4.69, 9.17) is 0 Å². The van der Waals surface area contributed by atoms with Crippen LogP contribution in [0.2, 0.25) is 0 Å². The lowest BCUT2D eigenvalue weighted by atomic mass is 10.1. The van der Waals surface area contributed by atoms with E-state index in [0.29, 0.717) is 0 Å². The fraction of sp³-hybridized carbons (Fsp3) is 0.385. The molecular formula is C26H33N3. The van der Waals surface area contributed by atoms with Gasteiger partial charge in [-0.05, 0) is 56.6 Å². The first-order valence-corrected chi connectivity index (χ1v) is 11.0. The van der Waals surface area contributed by atoms with E-state index in [1.807, 2.05) is 0 Å². The van der Waals surface area contributed by atoms with Crippen molar-refractivity contribution in [3.05, 3.63) is 72.1 Å². The van der Waals surface area contributed by atoms with Gasteiger partial charge in [0.25, 0.3) is 0 Å². The second-order valence-corrected chi connectivity index (χ2v) is 8.39. The van der Waals surface area contributed by atoms with Gasteiger partial charge in [-0.1, -0.05) is 49.7 Å². The molecule has 0 fully saturated rings. The van der Waals surface area contributed by atoms with E-state index in [-0.39, 0.29) is 0 Å². The highest BCUT2D eigenvalue weighted by Crippen LogP contribution is 2.24. The number of para-hydroxylation sites is 2. The average molecular weight is 388 g/mol. The molecule has 0 aliphatic rings. The normalized spacial score (nSPS) is 11.9. The van der Waals surface area contributed by atoms with Crippen LogP contribution in [0.15, 0.2) is 60.9 Å². The smallest absolute Gasteiger partial charge is 0.0483 e. The molecule has 3 nitrogen and oxygen atoms in total. The SMILES string of the molecule is CCCc1cn(CCCn2cc(CCN(C)C)c3ccccc32)c2ccccc12. The maximum atomic E-state index is 2.46. The number of rotatable bonds is 9. The van der Waals surface area contributed by atoms with E-state index in [0.717, 1.165) is 38.9 Å². The summed E-state index contributed by atoms with van der Waals surface area (Å²) in [6.45, 7) is 5.46. The van der Waals surface area contributed by atoms with Crippen LogP contribution < -0.4 is 0 Å². The van der Waals surface area contributed by atoms with Crippen molar-refractivity contribution in [3.63, 3.8) is 0 Å². The Labute approximate surface area is 174 Å². The topological polar surface area (TPSA) is 13.1 Å². The molecule has 2 heterocycles. The van der Waals surface area contributed by atoms with Crippen molar-refractivity contribution in [1.82, 2.24) is 14.0 Å². The number of aryl methyl sites for hydroxylation is 3. The number of nitrogens with zero attached hydrogens (tertiary/aromatic N) is 3. The predicted molar refractivity (Wildman–Crippen MR) is 125 cm³/mol. The van der Waals surface area contributed by atoms with Gasteiger partial charge in [0.2, 0.25) is 0 Å². The Bertz CT molecular complexity index is 1080. The van der Waals surface area contributed by atoms with Crippen molar-refractivity contribution < 1.29 is 0 Å². The fourth-order valence-corrected chi connectivity index (χ4v) is 4.44. The fourth-order valence-electron chi connectivity index (χ4n) is 4.44. The lowest BCUT2D eigenvalue weighted by Crippen LogP contribution is -2.14. The van der Waals surface area contributed by atoms with Crippen LogP contribution in [-0.2, 0) is 25.9 Å². The van der Waals surface area contributed by atoms with Crippen LogP contribution in [0.1, 0.15) is 30.9 Å². The minimum Gasteiger partial charge on any atom is -0.347 e. The van der Waals surface area contributed by atoms with Crippen LogP contribution >= 0.6 is 0 Å². The summed E-state index contributed by atoms with van der Waals surface area (Å²) in [7, 11) is 4.29. The molecule has 0 amide bonds. The Balaban J connectivity index is 1.51. The first kappa shape index (κ1) is 19.8. The monoisotopic (exact) mass is 387 g/mol. The molecule has 4 aromatic rings. The van der Waals surface area contributed by atoms with Gasteiger partial charge in [0.15, 0.2) is 0 Å². The molecule has 0 bridgehead atoms. The quantitative estimate of drug-likeness (QED) is 0.357. The van der Waals surface area contributed by atoms with Gasteiger partial charge >= 0.3 is 0 Å². The number of hydrogen-bond donors (Lipinski definition) is 0. The molecule has 0 atom stereocenters. The number of likely N-dealkylation sites (N-methyl/N-ethyl adjacent to an activating group) is 1. The Morgan fingerprint density at radius 1 is 0.724 bits per heavy atom. The highest BCUT2D eigenvalue weighted by atomic mass is 15.0. The maximum Gasteiger partial charge on any atom is 0.0483 e. The molecule has 0 aliphatic carbocycles. The van der Waals surface area contributed by atoms with Gasteiger partial charge in [0.05, 0.1) is 0 Å². The summed E-state index contributed by atoms with van der Waals surface area (Å²) in [4.78, 5) is 2.26. The molecule has 0 spiro atoms. The second kappa shape index (κ2) is 8.87. The molecule has 0 unspecified atom stereocenters. The van der Waals surface area contributed by atoms with Gasteiger partial charge in [0, 0.05) is 53.8 Å². The van der Waals surface area contributed by atoms with E-state index in [2.05, 4.69) is 96.0 Å². The summed E-state index contributed by atoms with van der Waals surface area (Å²) >= 11 is 0. The van der Waals surface area contributed by atoms with E-state index in [1.165, 1.54) is 39.4 Å². The van der Waals surface area contributed by atoms with Gasteiger partial charge < -0.3 is 14.0 Å². The van der Waals surface area contributed by atoms with Gasteiger partial charge in [0.1, 0.15) is 0 Å². The van der Waals surface area contributed by atoms with Crippen molar-refractivity contribution in [3.8, 4) is 0 Å². The first-order chi connectivity index (χ1) is 14.2. The zero-order valence-electron chi connectivity index (χ0n) is 18.1. The van der Waals surface area contributed by atoms with Crippen LogP contribution in [-0.4, -0.2) is 34.7 Å². The van der Waals surface area contributed by atoms with Crippen LogP contribution in [0, 0.1) is 0 Å². The van der Waals surface area contributed by atoms with Crippen LogP contribution in [0.5, 0.6) is 0 Å². The Morgan fingerprint density at radius 3 is 1.76 bits per heavy atom. The van der Waals surface area contributed by atoms with Gasteiger partial charge in [-0.25, -0.2) is 0 Å². The van der Waals surface area contributed by atoms with Crippen LogP contribution in [0.4, 0.5) is 0 Å². The van der Waals surface area contributed by atoms with Crippen LogP contribution in [0.25, 0.3) is 21.8 Å². The minimum absolute atomic E-state index is 1.05. The number of benzene rings is 2. The largest absolute Gasteiger partial charge is 0.347 e. The zero-order chi connectivity index (χ0) is 20.2. The Kier molecular flexibility index (Phi) is 6.05. The lowest BCUT2D eigenvalue weighted by molar-refractivity contribution is 0.414. The molecule has 0 saturated heterocycles. The highest BCUT2D eigenvalue weighted by molar-refractivity contribution is 5.84. The average Bonchev–Trinajstić information content (AvgIpc) is 3.26. The Morgan fingerprint density at radius 2 is 1.24 bits per heavy atom. The molecule has 0 radical (unpaired) electrons. The predicted octanol–water partition coefficient (Wildman–Crippen LogP) is 5.74. The molecular weight excluding hydrogens is 354 g/mol. The van der Waals surface area contributed by atoms with E-state index < -0.39 is 0 Å².